The van der Waals surface area contributed by atoms with Gasteiger partial charge in [0.2, 0.25) is 5.91 Å². The molecule has 1 rings (SSSR count). The lowest BCUT2D eigenvalue weighted by atomic mass is 10.2. The summed E-state index contributed by atoms with van der Waals surface area (Å²) in [5.41, 5.74) is 0. The van der Waals surface area contributed by atoms with Gasteiger partial charge >= 0.3 is 0 Å². The molecule has 1 heterocycles. The molecular formula is C10H16N2OS. The highest BCUT2D eigenvalue weighted by atomic mass is 32.1. The van der Waals surface area contributed by atoms with Gasteiger partial charge in [-0.05, 0) is 25.4 Å². The zero-order chi connectivity index (χ0) is 10.6. The van der Waals surface area contributed by atoms with Gasteiger partial charge in [0, 0.05) is 11.9 Å². The molecule has 3 nitrogen and oxygen atoms in total. The Morgan fingerprint density at radius 3 is 2.93 bits per heavy atom. The van der Waals surface area contributed by atoms with Gasteiger partial charge in [0.25, 0.3) is 0 Å². The maximum atomic E-state index is 11.5. The van der Waals surface area contributed by atoms with Gasteiger partial charge in [-0.3, -0.25) is 4.79 Å². The van der Waals surface area contributed by atoms with Crippen LogP contribution in [-0.2, 0) is 4.79 Å². The number of carbonyl (C=O) groups is 1. The number of hydrogen-bond donors (Lipinski definition) is 1. The number of thiophene rings is 1. The normalized spacial score (nSPS) is 12.5. The molecule has 1 atom stereocenters. The summed E-state index contributed by atoms with van der Waals surface area (Å²) in [5.74, 6) is 0.119. The lowest BCUT2D eigenvalue weighted by Crippen LogP contribution is -2.35. The molecule has 0 radical (unpaired) electrons. The molecule has 4 heteroatoms. The van der Waals surface area contributed by atoms with Crippen molar-refractivity contribution in [1.82, 2.24) is 10.2 Å². The predicted octanol–water partition coefficient (Wildman–Crippen LogP) is 1.49. The monoisotopic (exact) mass is 212 g/mol. The van der Waals surface area contributed by atoms with Gasteiger partial charge in [-0.15, -0.1) is 11.3 Å². The molecule has 14 heavy (non-hydrogen) atoms. The van der Waals surface area contributed by atoms with Crippen LogP contribution in [0.2, 0.25) is 0 Å². The lowest BCUT2D eigenvalue weighted by Gasteiger charge is -2.23. The van der Waals surface area contributed by atoms with Crippen molar-refractivity contribution in [2.24, 2.45) is 0 Å². The maximum absolute atomic E-state index is 11.5. The number of likely N-dealkylation sites (N-methyl/N-ethyl adjacent to an activating group) is 2. The fourth-order valence-corrected chi connectivity index (χ4v) is 2.04. The number of hydrogen-bond acceptors (Lipinski definition) is 3. The SMILES string of the molecule is CNCC(=O)N(C)C(C)c1cccs1. The molecule has 0 aliphatic carbocycles. The molecule has 1 aromatic heterocycles. The highest BCUT2D eigenvalue weighted by Gasteiger charge is 2.16. The summed E-state index contributed by atoms with van der Waals surface area (Å²) in [6, 6.07) is 4.22. The molecule has 0 saturated carbocycles. The molecule has 1 amide bonds. The van der Waals surface area contributed by atoms with Crippen LogP contribution < -0.4 is 5.32 Å². The van der Waals surface area contributed by atoms with Crippen molar-refractivity contribution in [1.29, 1.82) is 0 Å². The molecule has 0 bridgehead atoms. The van der Waals surface area contributed by atoms with E-state index in [1.807, 2.05) is 25.4 Å². The molecule has 78 valence electrons. The van der Waals surface area contributed by atoms with Crippen LogP contribution in [0.15, 0.2) is 17.5 Å². The third-order valence-corrected chi connectivity index (χ3v) is 3.30. The predicted molar refractivity (Wildman–Crippen MR) is 59.4 cm³/mol. The molecule has 1 aromatic rings. The standard InChI is InChI=1S/C10H16N2OS/c1-8(9-5-4-6-14-9)12(3)10(13)7-11-2/h4-6,8,11H,7H2,1-3H3. The zero-order valence-electron chi connectivity index (χ0n) is 8.78. The Labute approximate surface area is 88.7 Å². The van der Waals surface area contributed by atoms with Gasteiger partial charge in [0.1, 0.15) is 0 Å². The molecular weight excluding hydrogens is 196 g/mol. The quantitative estimate of drug-likeness (QED) is 0.820. The summed E-state index contributed by atoms with van der Waals surface area (Å²) in [6.45, 7) is 2.44. The molecule has 0 spiro atoms. The van der Waals surface area contributed by atoms with Crippen LogP contribution >= 0.6 is 11.3 Å². The van der Waals surface area contributed by atoms with E-state index in [4.69, 9.17) is 0 Å². The van der Waals surface area contributed by atoms with E-state index in [0.717, 1.165) is 0 Å². The Morgan fingerprint density at radius 1 is 1.71 bits per heavy atom. The summed E-state index contributed by atoms with van der Waals surface area (Å²) in [5, 5.41) is 4.89. The second-order valence-corrected chi connectivity index (χ2v) is 4.21. The van der Waals surface area contributed by atoms with E-state index in [1.165, 1.54) is 4.88 Å². The van der Waals surface area contributed by atoms with Gasteiger partial charge in [0.05, 0.1) is 12.6 Å². The van der Waals surface area contributed by atoms with Gasteiger partial charge in [-0.1, -0.05) is 6.07 Å². The van der Waals surface area contributed by atoms with Crippen molar-refractivity contribution in [3.05, 3.63) is 22.4 Å². The van der Waals surface area contributed by atoms with Crippen LogP contribution in [0.3, 0.4) is 0 Å². The fourth-order valence-electron chi connectivity index (χ4n) is 1.21. The first-order valence-electron chi connectivity index (χ1n) is 4.60. The molecule has 0 saturated heterocycles. The van der Waals surface area contributed by atoms with Crippen LogP contribution in [0.1, 0.15) is 17.8 Å². The topological polar surface area (TPSA) is 32.3 Å². The molecule has 1 unspecified atom stereocenters. The Morgan fingerprint density at radius 2 is 2.43 bits per heavy atom. The first-order chi connectivity index (χ1) is 6.66. The van der Waals surface area contributed by atoms with Gasteiger partial charge in [-0.25, -0.2) is 0 Å². The van der Waals surface area contributed by atoms with Gasteiger partial charge in [-0.2, -0.15) is 0 Å². The number of rotatable bonds is 4. The Kier molecular flexibility index (Phi) is 4.10. The number of nitrogens with one attached hydrogen (secondary N) is 1. The summed E-state index contributed by atoms with van der Waals surface area (Å²) >= 11 is 1.68. The Balaban J connectivity index is 2.61. The third kappa shape index (κ3) is 2.56. The summed E-state index contributed by atoms with van der Waals surface area (Å²) in [4.78, 5) is 14.5. The van der Waals surface area contributed by atoms with Crippen LogP contribution in [0.5, 0.6) is 0 Å². The minimum absolute atomic E-state index is 0.119. The van der Waals surface area contributed by atoms with Crippen molar-refractivity contribution < 1.29 is 4.79 Å². The highest BCUT2D eigenvalue weighted by molar-refractivity contribution is 7.10. The van der Waals surface area contributed by atoms with Crippen molar-refractivity contribution >= 4 is 17.2 Å². The Bertz CT molecular complexity index is 284. The van der Waals surface area contributed by atoms with Crippen LogP contribution in [0.4, 0.5) is 0 Å². The average Bonchev–Trinajstić information content (AvgIpc) is 2.68. The second kappa shape index (κ2) is 5.12. The van der Waals surface area contributed by atoms with E-state index in [1.54, 1.807) is 23.3 Å². The summed E-state index contributed by atoms with van der Waals surface area (Å²) < 4.78 is 0. The van der Waals surface area contributed by atoms with E-state index in [-0.39, 0.29) is 11.9 Å². The third-order valence-electron chi connectivity index (χ3n) is 2.26. The van der Waals surface area contributed by atoms with E-state index >= 15 is 0 Å². The molecule has 0 aliphatic heterocycles. The van der Waals surface area contributed by atoms with Gasteiger partial charge < -0.3 is 10.2 Å². The summed E-state index contributed by atoms with van der Waals surface area (Å²) in [7, 11) is 3.62. The smallest absolute Gasteiger partial charge is 0.236 e. The van der Waals surface area contributed by atoms with Crippen LogP contribution in [-0.4, -0.2) is 31.4 Å². The van der Waals surface area contributed by atoms with Crippen LogP contribution in [0.25, 0.3) is 0 Å². The Hall–Kier alpha value is -0.870. The summed E-state index contributed by atoms with van der Waals surface area (Å²) in [6.07, 6.45) is 0. The molecule has 0 aromatic carbocycles. The first-order valence-corrected chi connectivity index (χ1v) is 5.48. The molecule has 0 aliphatic rings. The zero-order valence-corrected chi connectivity index (χ0v) is 9.60. The van der Waals surface area contributed by atoms with E-state index < -0.39 is 0 Å². The minimum atomic E-state index is 0.119. The van der Waals surface area contributed by atoms with Crippen molar-refractivity contribution in [2.45, 2.75) is 13.0 Å². The van der Waals surface area contributed by atoms with Crippen molar-refractivity contribution in [3.8, 4) is 0 Å². The average molecular weight is 212 g/mol. The molecule has 0 fully saturated rings. The number of nitrogens with zero attached hydrogens (tertiary/aromatic N) is 1. The first kappa shape index (κ1) is 11.2. The van der Waals surface area contributed by atoms with Crippen molar-refractivity contribution in [2.75, 3.05) is 20.6 Å². The highest BCUT2D eigenvalue weighted by Crippen LogP contribution is 2.22. The minimum Gasteiger partial charge on any atom is -0.337 e. The fraction of sp³-hybridized carbons (Fsp3) is 0.500. The van der Waals surface area contributed by atoms with Crippen molar-refractivity contribution in [3.63, 3.8) is 0 Å². The van der Waals surface area contributed by atoms with E-state index in [0.29, 0.717) is 6.54 Å². The van der Waals surface area contributed by atoms with E-state index in [9.17, 15) is 4.79 Å². The van der Waals surface area contributed by atoms with Crippen LogP contribution in [0, 0.1) is 0 Å². The largest absolute Gasteiger partial charge is 0.337 e. The number of amides is 1. The molecule has 1 N–H and O–H groups in total. The second-order valence-electron chi connectivity index (χ2n) is 3.23. The maximum Gasteiger partial charge on any atom is 0.236 e. The lowest BCUT2D eigenvalue weighted by molar-refractivity contribution is -0.130. The number of carbonyl (C=O) groups excluding carboxylic acids is 1. The van der Waals surface area contributed by atoms with E-state index in [2.05, 4.69) is 11.4 Å². The van der Waals surface area contributed by atoms with Gasteiger partial charge in [0.15, 0.2) is 0 Å².